The van der Waals surface area contributed by atoms with Gasteiger partial charge in [0.15, 0.2) is 0 Å². The minimum absolute atomic E-state index is 0.335. The van der Waals surface area contributed by atoms with Crippen molar-refractivity contribution in [1.82, 2.24) is 5.32 Å². The van der Waals surface area contributed by atoms with Gasteiger partial charge in [0.1, 0.15) is 0 Å². The summed E-state index contributed by atoms with van der Waals surface area (Å²) in [6, 6.07) is 7.96. The Morgan fingerprint density at radius 1 is 1.50 bits per heavy atom. The fourth-order valence-electron chi connectivity index (χ4n) is 2.32. The molecule has 0 radical (unpaired) electrons. The van der Waals surface area contributed by atoms with Gasteiger partial charge in [-0.25, -0.2) is 0 Å². The van der Waals surface area contributed by atoms with E-state index in [4.69, 9.17) is 5.73 Å². The van der Waals surface area contributed by atoms with Gasteiger partial charge in [0.25, 0.3) is 0 Å². The lowest BCUT2D eigenvalue weighted by atomic mass is 9.89. The second kappa shape index (κ2) is 5.43. The maximum atomic E-state index is 10.3. The molecule has 2 atom stereocenters. The zero-order valence-electron chi connectivity index (χ0n) is 9.52. The molecule has 2 unspecified atom stereocenters. The van der Waals surface area contributed by atoms with E-state index in [0.717, 1.165) is 37.1 Å². The molecule has 1 aromatic carbocycles. The van der Waals surface area contributed by atoms with Crippen molar-refractivity contribution in [3.8, 4) is 0 Å². The van der Waals surface area contributed by atoms with Crippen LogP contribution in [0, 0.1) is 5.92 Å². The molecule has 1 saturated heterocycles. The standard InChI is InChI=1S/C13H20N2O/c14-8-10-3-1-4-11(7-10)13(16)12-5-2-6-15-9-12/h1,3-4,7,12-13,15-16H,2,5-6,8-9,14H2. The van der Waals surface area contributed by atoms with Gasteiger partial charge in [-0.15, -0.1) is 0 Å². The molecule has 0 bridgehead atoms. The lowest BCUT2D eigenvalue weighted by molar-refractivity contribution is 0.0921. The summed E-state index contributed by atoms with van der Waals surface area (Å²) in [6.07, 6.45) is 1.89. The van der Waals surface area contributed by atoms with Crippen molar-refractivity contribution in [3.05, 3.63) is 35.4 Å². The van der Waals surface area contributed by atoms with Crippen LogP contribution in [-0.4, -0.2) is 18.2 Å². The molecule has 0 spiro atoms. The Morgan fingerprint density at radius 3 is 3.06 bits per heavy atom. The maximum Gasteiger partial charge on any atom is 0.0830 e. The van der Waals surface area contributed by atoms with Crippen LogP contribution >= 0.6 is 0 Å². The molecule has 3 nitrogen and oxygen atoms in total. The van der Waals surface area contributed by atoms with Crippen molar-refractivity contribution >= 4 is 0 Å². The molecule has 2 rings (SSSR count). The lowest BCUT2D eigenvalue weighted by Gasteiger charge is -2.27. The van der Waals surface area contributed by atoms with E-state index in [0.29, 0.717) is 12.5 Å². The minimum atomic E-state index is -0.362. The highest BCUT2D eigenvalue weighted by Crippen LogP contribution is 2.27. The predicted molar refractivity (Wildman–Crippen MR) is 64.9 cm³/mol. The number of piperidine rings is 1. The highest BCUT2D eigenvalue weighted by Gasteiger charge is 2.22. The van der Waals surface area contributed by atoms with Gasteiger partial charge in [0.05, 0.1) is 6.10 Å². The minimum Gasteiger partial charge on any atom is -0.388 e. The molecular weight excluding hydrogens is 200 g/mol. The number of hydrogen-bond donors (Lipinski definition) is 3. The number of rotatable bonds is 3. The highest BCUT2D eigenvalue weighted by atomic mass is 16.3. The quantitative estimate of drug-likeness (QED) is 0.717. The molecule has 1 aliphatic rings. The van der Waals surface area contributed by atoms with Crippen molar-refractivity contribution in [2.75, 3.05) is 13.1 Å². The number of nitrogens with one attached hydrogen (secondary N) is 1. The maximum absolute atomic E-state index is 10.3. The normalized spacial score (nSPS) is 23.0. The summed E-state index contributed by atoms with van der Waals surface area (Å²) < 4.78 is 0. The zero-order valence-corrected chi connectivity index (χ0v) is 9.52. The average molecular weight is 220 g/mol. The molecule has 3 heteroatoms. The summed E-state index contributed by atoms with van der Waals surface area (Å²) >= 11 is 0. The average Bonchev–Trinajstić information content (AvgIpc) is 2.39. The summed E-state index contributed by atoms with van der Waals surface area (Å²) in [5, 5.41) is 13.6. The lowest BCUT2D eigenvalue weighted by Crippen LogP contribution is -2.33. The summed E-state index contributed by atoms with van der Waals surface area (Å²) in [4.78, 5) is 0. The zero-order chi connectivity index (χ0) is 11.4. The Bertz CT molecular complexity index is 334. The van der Waals surface area contributed by atoms with Crippen LogP contribution in [0.5, 0.6) is 0 Å². The molecule has 0 saturated carbocycles. The first-order valence-electron chi connectivity index (χ1n) is 5.99. The number of aliphatic hydroxyl groups is 1. The molecule has 0 aromatic heterocycles. The second-order valence-electron chi connectivity index (χ2n) is 4.50. The van der Waals surface area contributed by atoms with Crippen molar-refractivity contribution < 1.29 is 5.11 Å². The Balaban J connectivity index is 2.09. The molecule has 0 aliphatic carbocycles. The molecule has 1 aliphatic heterocycles. The van der Waals surface area contributed by atoms with Crippen LogP contribution in [0.2, 0.25) is 0 Å². The molecule has 88 valence electrons. The summed E-state index contributed by atoms with van der Waals surface area (Å²) in [5.74, 6) is 0.335. The van der Waals surface area contributed by atoms with Gasteiger partial charge in [-0.1, -0.05) is 24.3 Å². The number of nitrogens with two attached hydrogens (primary N) is 1. The fourth-order valence-corrected chi connectivity index (χ4v) is 2.32. The van der Waals surface area contributed by atoms with Gasteiger partial charge >= 0.3 is 0 Å². The first kappa shape index (κ1) is 11.6. The second-order valence-corrected chi connectivity index (χ2v) is 4.50. The number of hydrogen-bond acceptors (Lipinski definition) is 3. The Morgan fingerprint density at radius 2 is 2.38 bits per heavy atom. The molecule has 1 aromatic rings. The van der Waals surface area contributed by atoms with E-state index in [2.05, 4.69) is 5.32 Å². The molecule has 0 amide bonds. The van der Waals surface area contributed by atoms with Gasteiger partial charge in [-0.2, -0.15) is 0 Å². The molecule has 1 fully saturated rings. The van der Waals surface area contributed by atoms with E-state index in [1.54, 1.807) is 0 Å². The largest absolute Gasteiger partial charge is 0.388 e. The van der Waals surface area contributed by atoms with Crippen LogP contribution in [0.15, 0.2) is 24.3 Å². The topological polar surface area (TPSA) is 58.3 Å². The third kappa shape index (κ3) is 2.61. The van der Waals surface area contributed by atoms with Crippen molar-refractivity contribution in [2.24, 2.45) is 11.7 Å². The van der Waals surface area contributed by atoms with Crippen LogP contribution in [0.1, 0.15) is 30.1 Å². The third-order valence-corrected chi connectivity index (χ3v) is 3.31. The van der Waals surface area contributed by atoms with Crippen LogP contribution in [0.3, 0.4) is 0 Å². The van der Waals surface area contributed by atoms with Gasteiger partial charge in [-0.05, 0) is 30.5 Å². The first-order valence-corrected chi connectivity index (χ1v) is 5.99. The number of aliphatic hydroxyl groups excluding tert-OH is 1. The summed E-state index contributed by atoms with van der Waals surface area (Å²) in [7, 11) is 0. The van der Waals surface area contributed by atoms with Gasteiger partial charge in [-0.3, -0.25) is 0 Å². The van der Waals surface area contributed by atoms with Crippen LogP contribution < -0.4 is 11.1 Å². The van der Waals surface area contributed by atoms with Crippen molar-refractivity contribution in [3.63, 3.8) is 0 Å². The van der Waals surface area contributed by atoms with Crippen LogP contribution in [0.4, 0.5) is 0 Å². The molecule has 1 heterocycles. The van der Waals surface area contributed by atoms with E-state index in [-0.39, 0.29) is 6.10 Å². The van der Waals surface area contributed by atoms with E-state index in [9.17, 15) is 5.11 Å². The van der Waals surface area contributed by atoms with Gasteiger partial charge in [0.2, 0.25) is 0 Å². The summed E-state index contributed by atoms with van der Waals surface area (Å²) in [6.45, 7) is 2.52. The smallest absolute Gasteiger partial charge is 0.0830 e. The first-order chi connectivity index (χ1) is 7.81. The Labute approximate surface area is 96.7 Å². The fraction of sp³-hybridized carbons (Fsp3) is 0.538. The van der Waals surface area contributed by atoms with Crippen LogP contribution in [-0.2, 0) is 6.54 Å². The third-order valence-electron chi connectivity index (χ3n) is 3.31. The van der Waals surface area contributed by atoms with Crippen molar-refractivity contribution in [1.29, 1.82) is 0 Å². The molecule has 4 N–H and O–H groups in total. The molecular formula is C13H20N2O. The monoisotopic (exact) mass is 220 g/mol. The Hall–Kier alpha value is -0.900. The van der Waals surface area contributed by atoms with Gasteiger partial charge < -0.3 is 16.2 Å². The number of benzene rings is 1. The summed E-state index contributed by atoms with van der Waals surface area (Å²) in [5.41, 5.74) is 7.68. The van der Waals surface area contributed by atoms with Crippen LogP contribution in [0.25, 0.3) is 0 Å². The van der Waals surface area contributed by atoms with E-state index < -0.39 is 0 Å². The van der Waals surface area contributed by atoms with Crippen molar-refractivity contribution in [2.45, 2.75) is 25.5 Å². The molecule has 16 heavy (non-hydrogen) atoms. The SMILES string of the molecule is NCc1cccc(C(O)C2CCCNC2)c1. The van der Waals surface area contributed by atoms with E-state index >= 15 is 0 Å². The predicted octanol–water partition coefficient (Wildman–Crippen LogP) is 1.18. The van der Waals surface area contributed by atoms with E-state index in [1.807, 2.05) is 24.3 Å². The van der Waals surface area contributed by atoms with Gasteiger partial charge in [0, 0.05) is 19.0 Å². The Kier molecular flexibility index (Phi) is 3.93. The van der Waals surface area contributed by atoms with E-state index in [1.165, 1.54) is 0 Å². The highest BCUT2D eigenvalue weighted by molar-refractivity contribution is 5.25.